The molecule has 0 aromatic heterocycles. The van der Waals surface area contributed by atoms with E-state index in [0.29, 0.717) is 12.6 Å². The molecule has 1 aliphatic heterocycles. The first-order valence-electron chi connectivity index (χ1n) is 3.74. The maximum absolute atomic E-state index is 5.19. The molecule has 11 heavy (non-hydrogen) atoms. The van der Waals surface area contributed by atoms with E-state index in [0.717, 1.165) is 18.0 Å². The quantitative estimate of drug-likeness (QED) is 0.676. The Morgan fingerprint density at radius 1 is 1.73 bits per heavy atom. The number of hydrogen-bond acceptors (Lipinski definition) is 3. The molecule has 2 nitrogen and oxygen atoms in total. The summed E-state index contributed by atoms with van der Waals surface area (Å²) in [5, 5.41) is 4.01. The maximum Gasteiger partial charge on any atom is 0.176 e. The fourth-order valence-corrected chi connectivity index (χ4v) is 1.45. The van der Waals surface area contributed by atoms with Crippen LogP contribution in [-0.4, -0.2) is 24.2 Å². The summed E-state index contributed by atoms with van der Waals surface area (Å²) in [7, 11) is 0. The third kappa shape index (κ3) is 3.36. The first-order valence-corrected chi connectivity index (χ1v) is 4.15. The minimum Gasteiger partial charge on any atom is -0.486 e. The van der Waals surface area contributed by atoms with Crippen LogP contribution in [0.1, 0.15) is 19.8 Å². The summed E-state index contributed by atoms with van der Waals surface area (Å²) in [5.74, 6) is 0. The van der Waals surface area contributed by atoms with E-state index >= 15 is 0 Å². The molecule has 1 saturated heterocycles. The Morgan fingerprint density at radius 2 is 2.45 bits per heavy atom. The molecule has 1 rings (SSSR count). The van der Waals surface area contributed by atoms with Gasteiger partial charge in [-0.05, 0) is 38.5 Å². The second kappa shape index (κ2) is 5.75. The summed E-state index contributed by atoms with van der Waals surface area (Å²) in [5.41, 5.74) is 0. The molecular weight excluding hydrogens is 182 g/mol. The molecule has 0 saturated carbocycles. The van der Waals surface area contributed by atoms with Gasteiger partial charge in [-0.25, -0.2) is 0 Å². The fourth-order valence-electron chi connectivity index (χ4n) is 1.13. The highest BCUT2D eigenvalue weighted by Crippen LogP contribution is 2.07. The Bertz CT molecular complexity index is 126. The van der Waals surface area contributed by atoms with E-state index < -0.39 is 0 Å². The second-order valence-electron chi connectivity index (χ2n) is 2.40. The van der Waals surface area contributed by atoms with Gasteiger partial charge in [0.05, 0.1) is 12.6 Å². The molecule has 0 amide bonds. The van der Waals surface area contributed by atoms with E-state index in [1.54, 1.807) is 0 Å². The summed E-state index contributed by atoms with van der Waals surface area (Å²) < 4.78 is 5.19. The van der Waals surface area contributed by atoms with Gasteiger partial charge in [-0.1, -0.05) is 0 Å². The van der Waals surface area contributed by atoms with Crippen LogP contribution in [0.4, 0.5) is 0 Å². The van der Waals surface area contributed by atoms with Crippen LogP contribution in [0.3, 0.4) is 0 Å². The lowest BCUT2D eigenvalue weighted by molar-refractivity contribution is 0.318. The molecule has 1 atom stereocenters. The van der Waals surface area contributed by atoms with E-state index in [4.69, 9.17) is 17.0 Å². The zero-order chi connectivity index (χ0) is 7.40. The molecule has 1 N–H and O–H groups in total. The van der Waals surface area contributed by atoms with Crippen LogP contribution in [0.2, 0.25) is 0 Å². The third-order valence-corrected chi connectivity index (χ3v) is 2.03. The van der Waals surface area contributed by atoms with Crippen LogP contribution in [0.25, 0.3) is 0 Å². The lowest BCUT2D eigenvalue weighted by Crippen LogP contribution is -2.30. The molecule has 0 spiro atoms. The number of halogens is 1. The van der Waals surface area contributed by atoms with E-state index in [-0.39, 0.29) is 12.4 Å². The molecule has 0 aromatic carbocycles. The van der Waals surface area contributed by atoms with Crippen LogP contribution < -0.4 is 5.32 Å². The molecule has 0 aliphatic carbocycles. The highest BCUT2D eigenvalue weighted by Gasteiger charge is 2.18. The normalized spacial score (nSPS) is 22.5. The van der Waals surface area contributed by atoms with Crippen LogP contribution >= 0.6 is 24.6 Å². The monoisotopic (exact) mass is 195 g/mol. The summed E-state index contributed by atoms with van der Waals surface area (Å²) in [6.07, 6.45) is 2.36. The van der Waals surface area contributed by atoms with Crippen LogP contribution in [-0.2, 0) is 4.74 Å². The Hall–Kier alpha value is 0.140. The van der Waals surface area contributed by atoms with Crippen molar-refractivity contribution in [2.45, 2.75) is 25.8 Å². The van der Waals surface area contributed by atoms with Gasteiger partial charge in [-0.15, -0.1) is 12.4 Å². The van der Waals surface area contributed by atoms with Crippen molar-refractivity contribution in [3.8, 4) is 0 Å². The van der Waals surface area contributed by atoms with Crippen LogP contribution in [0, 0.1) is 0 Å². The maximum atomic E-state index is 5.19. The second-order valence-corrected chi connectivity index (χ2v) is 2.80. The van der Waals surface area contributed by atoms with Gasteiger partial charge >= 0.3 is 0 Å². The molecule has 1 aliphatic rings. The SMILES string of the molecule is CCOC(=S)[C@@H]1CCCN1.Cl. The number of thiocarbonyl (C=S) groups is 1. The van der Waals surface area contributed by atoms with Crippen molar-refractivity contribution in [1.29, 1.82) is 0 Å². The van der Waals surface area contributed by atoms with Gasteiger partial charge in [0.1, 0.15) is 0 Å². The molecule has 1 heterocycles. The minimum atomic E-state index is 0. The topological polar surface area (TPSA) is 21.3 Å². The van der Waals surface area contributed by atoms with Crippen molar-refractivity contribution < 1.29 is 4.74 Å². The number of nitrogens with one attached hydrogen (secondary N) is 1. The number of ether oxygens (including phenoxy) is 1. The minimum absolute atomic E-state index is 0. The third-order valence-electron chi connectivity index (χ3n) is 1.63. The number of rotatable bonds is 2. The lowest BCUT2D eigenvalue weighted by Gasteiger charge is -2.11. The van der Waals surface area contributed by atoms with Crippen molar-refractivity contribution >= 4 is 29.7 Å². The standard InChI is InChI=1S/C7H13NOS.ClH/c1-2-9-7(10)6-4-3-5-8-6;/h6,8H,2-5H2,1H3;1H/t6-;/m0./s1. The van der Waals surface area contributed by atoms with E-state index in [9.17, 15) is 0 Å². The van der Waals surface area contributed by atoms with E-state index in [1.165, 1.54) is 6.42 Å². The molecule has 4 heteroatoms. The van der Waals surface area contributed by atoms with Crippen molar-refractivity contribution in [1.82, 2.24) is 5.32 Å². The first-order chi connectivity index (χ1) is 4.84. The smallest absolute Gasteiger partial charge is 0.176 e. The summed E-state index contributed by atoms with van der Waals surface area (Å²) in [6, 6.07) is 0.343. The van der Waals surface area contributed by atoms with Crippen molar-refractivity contribution in [3.05, 3.63) is 0 Å². The Morgan fingerprint density at radius 3 is 2.91 bits per heavy atom. The largest absolute Gasteiger partial charge is 0.486 e. The Balaban J connectivity index is 0.000001000. The number of hydrogen-bond donors (Lipinski definition) is 1. The zero-order valence-electron chi connectivity index (χ0n) is 6.63. The van der Waals surface area contributed by atoms with Crippen LogP contribution in [0.15, 0.2) is 0 Å². The lowest BCUT2D eigenvalue weighted by atomic mass is 10.2. The summed E-state index contributed by atoms with van der Waals surface area (Å²) in [6.45, 7) is 3.73. The van der Waals surface area contributed by atoms with Gasteiger partial charge in [-0.3, -0.25) is 0 Å². The van der Waals surface area contributed by atoms with Gasteiger partial charge in [0, 0.05) is 0 Å². The van der Waals surface area contributed by atoms with Crippen molar-refractivity contribution in [3.63, 3.8) is 0 Å². The first kappa shape index (κ1) is 11.1. The fraction of sp³-hybridized carbons (Fsp3) is 0.857. The summed E-state index contributed by atoms with van der Waals surface area (Å²) in [4.78, 5) is 0. The van der Waals surface area contributed by atoms with Gasteiger partial charge < -0.3 is 10.1 Å². The molecule has 66 valence electrons. The van der Waals surface area contributed by atoms with E-state index in [1.807, 2.05) is 6.92 Å². The molecule has 0 bridgehead atoms. The van der Waals surface area contributed by atoms with Crippen LogP contribution in [0.5, 0.6) is 0 Å². The molecule has 0 aromatic rings. The van der Waals surface area contributed by atoms with Crippen molar-refractivity contribution in [2.75, 3.05) is 13.2 Å². The molecule has 0 radical (unpaired) electrons. The Kier molecular flexibility index (Phi) is 5.82. The zero-order valence-corrected chi connectivity index (χ0v) is 8.26. The van der Waals surface area contributed by atoms with E-state index in [2.05, 4.69) is 5.32 Å². The predicted molar refractivity (Wildman–Crippen MR) is 52.5 cm³/mol. The highest BCUT2D eigenvalue weighted by molar-refractivity contribution is 7.80. The highest BCUT2D eigenvalue weighted by atomic mass is 35.5. The average molecular weight is 196 g/mol. The Labute approximate surface area is 79.1 Å². The van der Waals surface area contributed by atoms with Gasteiger partial charge in [0.2, 0.25) is 0 Å². The van der Waals surface area contributed by atoms with Gasteiger partial charge in [0.15, 0.2) is 5.05 Å². The van der Waals surface area contributed by atoms with Gasteiger partial charge in [-0.2, -0.15) is 0 Å². The van der Waals surface area contributed by atoms with Crippen molar-refractivity contribution in [2.24, 2.45) is 0 Å². The molecule has 0 unspecified atom stereocenters. The average Bonchev–Trinajstić information content (AvgIpc) is 2.38. The molecule has 1 fully saturated rings. The summed E-state index contributed by atoms with van der Waals surface area (Å²) >= 11 is 5.03. The van der Waals surface area contributed by atoms with Gasteiger partial charge in [0.25, 0.3) is 0 Å². The predicted octanol–water partition coefficient (Wildman–Crippen LogP) is 1.52. The molecular formula is C7H14ClNOS.